The molecule has 0 saturated heterocycles. The Morgan fingerprint density at radius 2 is 1.78 bits per heavy atom. The maximum atomic E-state index is 12.6. The molecule has 5 nitrogen and oxygen atoms in total. The average Bonchev–Trinajstić information content (AvgIpc) is 3.33. The van der Waals surface area contributed by atoms with Gasteiger partial charge in [0.2, 0.25) is 0 Å². The summed E-state index contributed by atoms with van der Waals surface area (Å²) in [4.78, 5) is 12.6. The minimum absolute atomic E-state index is 0.232. The second-order valence-corrected chi connectivity index (χ2v) is 9.27. The number of aryl methyl sites for hydroxylation is 2. The number of nitrogens with one attached hydrogen (secondary N) is 2. The van der Waals surface area contributed by atoms with Crippen LogP contribution < -0.4 is 10.0 Å². The molecule has 2 aromatic carbocycles. The number of fused-ring (bicyclic) bond motifs is 1. The van der Waals surface area contributed by atoms with Gasteiger partial charge in [-0.25, -0.2) is 8.42 Å². The molecule has 4 rings (SSSR count). The molecule has 0 spiro atoms. The van der Waals surface area contributed by atoms with Gasteiger partial charge in [-0.05, 0) is 72.2 Å². The lowest BCUT2D eigenvalue weighted by Crippen LogP contribution is -2.14. The zero-order valence-electron chi connectivity index (χ0n) is 14.4. The molecule has 27 heavy (non-hydrogen) atoms. The minimum atomic E-state index is -3.64. The van der Waals surface area contributed by atoms with Crippen molar-refractivity contribution in [3.8, 4) is 0 Å². The van der Waals surface area contributed by atoms with Crippen molar-refractivity contribution >= 4 is 38.6 Å². The lowest BCUT2D eigenvalue weighted by Gasteiger charge is -2.10. The van der Waals surface area contributed by atoms with Crippen molar-refractivity contribution < 1.29 is 13.2 Å². The summed E-state index contributed by atoms with van der Waals surface area (Å²) in [5, 5.41) is 4.59. The van der Waals surface area contributed by atoms with E-state index >= 15 is 0 Å². The Labute approximate surface area is 162 Å². The largest absolute Gasteiger partial charge is 0.322 e. The van der Waals surface area contributed by atoms with Crippen LogP contribution in [0.25, 0.3) is 0 Å². The van der Waals surface area contributed by atoms with Crippen molar-refractivity contribution in [2.75, 3.05) is 10.0 Å². The Balaban J connectivity index is 1.51. The highest BCUT2D eigenvalue weighted by atomic mass is 32.2. The van der Waals surface area contributed by atoms with Crippen molar-refractivity contribution in [3.63, 3.8) is 0 Å². The van der Waals surface area contributed by atoms with Crippen LogP contribution in [-0.4, -0.2) is 14.3 Å². The number of carbonyl (C=O) groups is 1. The smallest absolute Gasteiger partial charge is 0.271 e. The van der Waals surface area contributed by atoms with Gasteiger partial charge in [0.1, 0.15) is 4.21 Å². The van der Waals surface area contributed by atoms with Crippen molar-refractivity contribution in [1.29, 1.82) is 0 Å². The van der Waals surface area contributed by atoms with E-state index in [1.54, 1.807) is 29.6 Å². The van der Waals surface area contributed by atoms with Gasteiger partial charge in [0.25, 0.3) is 15.9 Å². The third-order valence-electron chi connectivity index (χ3n) is 4.49. The fourth-order valence-corrected chi connectivity index (χ4v) is 5.24. The molecule has 1 aliphatic carbocycles. The average molecular weight is 399 g/mol. The van der Waals surface area contributed by atoms with Crippen molar-refractivity contribution in [3.05, 3.63) is 76.7 Å². The first-order chi connectivity index (χ1) is 13.0. The Morgan fingerprint density at radius 1 is 0.926 bits per heavy atom. The third-order valence-corrected chi connectivity index (χ3v) is 7.27. The molecule has 0 fully saturated rings. The Bertz CT molecular complexity index is 1090. The molecule has 1 aliphatic rings. The molecule has 0 bridgehead atoms. The van der Waals surface area contributed by atoms with E-state index in [1.807, 2.05) is 12.1 Å². The maximum Gasteiger partial charge on any atom is 0.271 e. The summed E-state index contributed by atoms with van der Waals surface area (Å²) in [7, 11) is -3.64. The summed E-state index contributed by atoms with van der Waals surface area (Å²) in [5.41, 5.74) is 4.13. The monoisotopic (exact) mass is 398 g/mol. The number of anilines is 2. The molecule has 0 saturated carbocycles. The van der Waals surface area contributed by atoms with Crippen LogP contribution in [-0.2, 0) is 22.9 Å². The second kappa shape index (κ2) is 7.17. The zero-order valence-corrected chi connectivity index (χ0v) is 16.1. The van der Waals surface area contributed by atoms with Gasteiger partial charge < -0.3 is 5.32 Å². The molecule has 3 aromatic rings. The summed E-state index contributed by atoms with van der Waals surface area (Å²) in [6, 6.07) is 15.7. The Hall–Kier alpha value is -2.64. The number of rotatable bonds is 5. The van der Waals surface area contributed by atoms with E-state index in [1.165, 1.54) is 23.3 Å². The zero-order chi connectivity index (χ0) is 18.9. The van der Waals surface area contributed by atoms with Crippen molar-refractivity contribution in [2.45, 2.75) is 23.5 Å². The molecular weight excluding hydrogens is 380 g/mol. The SMILES string of the molecule is O=C(Nc1ccc2c(c1)CCC2)c1cccc(NS(=O)(=O)c2cccs2)c1. The van der Waals surface area contributed by atoms with Crippen LogP contribution in [0, 0.1) is 0 Å². The summed E-state index contributed by atoms with van der Waals surface area (Å²) in [6.45, 7) is 0. The van der Waals surface area contributed by atoms with Crippen LogP contribution in [0.5, 0.6) is 0 Å². The number of sulfonamides is 1. The Morgan fingerprint density at radius 3 is 2.59 bits per heavy atom. The van der Waals surface area contributed by atoms with Gasteiger partial charge in [0.15, 0.2) is 0 Å². The number of amides is 1. The van der Waals surface area contributed by atoms with E-state index in [2.05, 4.69) is 16.1 Å². The number of hydrogen-bond acceptors (Lipinski definition) is 4. The molecule has 2 N–H and O–H groups in total. The lowest BCUT2D eigenvalue weighted by molar-refractivity contribution is 0.102. The van der Waals surface area contributed by atoms with Crippen LogP contribution >= 0.6 is 11.3 Å². The van der Waals surface area contributed by atoms with E-state index in [4.69, 9.17) is 0 Å². The standard InChI is InChI=1S/C20H18N2O3S2/c23-20(21-17-10-9-14-4-1-5-15(14)12-17)16-6-2-7-18(13-16)22-27(24,25)19-8-3-11-26-19/h2-3,6-13,22H,1,4-5H2,(H,21,23). The van der Waals surface area contributed by atoms with Gasteiger partial charge in [-0.1, -0.05) is 18.2 Å². The molecule has 138 valence electrons. The van der Waals surface area contributed by atoms with Gasteiger partial charge in [-0.2, -0.15) is 0 Å². The highest BCUT2D eigenvalue weighted by molar-refractivity contribution is 7.94. The highest BCUT2D eigenvalue weighted by Crippen LogP contribution is 2.25. The summed E-state index contributed by atoms with van der Waals surface area (Å²) in [6.07, 6.45) is 3.29. The second-order valence-electron chi connectivity index (χ2n) is 6.41. The minimum Gasteiger partial charge on any atom is -0.322 e. The first-order valence-electron chi connectivity index (χ1n) is 8.61. The number of carbonyl (C=O) groups excluding carboxylic acids is 1. The first kappa shape index (κ1) is 17.8. The molecule has 0 atom stereocenters. The summed E-state index contributed by atoms with van der Waals surface area (Å²) >= 11 is 1.14. The van der Waals surface area contributed by atoms with Crippen molar-refractivity contribution in [1.82, 2.24) is 0 Å². The maximum absolute atomic E-state index is 12.6. The highest BCUT2D eigenvalue weighted by Gasteiger charge is 2.16. The summed E-state index contributed by atoms with van der Waals surface area (Å²) in [5.74, 6) is -0.273. The molecule has 0 unspecified atom stereocenters. The van der Waals surface area contributed by atoms with E-state index in [9.17, 15) is 13.2 Å². The van der Waals surface area contributed by atoms with Gasteiger partial charge in [0.05, 0.1) is 0 Å². The predicted octanol–water partition coefficient (Wildman–Crippen LogP) is 4.29. The van der Waals surface area contributed by atoms with E-state index in [0.717, 1.165) is 36.3 Å². The molecule has 1 amide bonds. The molecule has 7 heteroatoms. The van der Waals surface area contributed by atoms with Gasteiger partial charge in [-0.15, -0.1) is 11.3 Å². The lowest BCUT2D eigenvalue weighted by atomic mass is 10.1. The van der Waals surface area contributed by atoms with E-state index in [0.29, 0.717) is 11.3 Å². The summed E-state index contributed by atoms with van der Waals surface area (Å²) < 4.78 is 27.4. The Kier molecular flexibility index (Phi) is 4.72. The van der Waals surface area contributed by atoms with Gasteiger partial charge in [-0.3, -0.25) is 9.52 Å². The molecule has 1 heterocycles. The predicted molar refractivity (Wildman–Crippen MR) is 108 cm³/mol. The van der Waals surface area contributed by atoms with Crippen molar-refractivity contribution in [2.24, 2.45) is 0 Å². The topological polar surface area (TPSA) is 75.3 Å². The first-order valence-corrected chi connectivity index (χ1v) is 11.0. The van der Waals surface area contributed by atoms with Gasteiger partial charge in [0, 0.05) is 16.9 Å². The molecule has 0 aliphatic heterocycles. The quantitative estimate of drug-likeness (QED) is 0.673. The van der Waals surface area contributed by atoms with Crippen LogP contribution in [0.3, 0.4) is 0 Å². The van der Waals surface area contributed by atoms with E-state index in [-0.39, 0.29) is 10.1 Å². The number of hydrogen-bond donors (Lipinski definition) is 2. The van der Waals surface area contributed by atoms with Crippen LogP contribution in [0.1, 0.15) is 27.9 Å². The van der Waals surface area contributed by atoms with Gasteiger partial charge >= 0.3 is 0 Å². The fraction of sp³-hybridized carbons (Fsp3) is 0.150. The number of benzene rings is 2. The van der Waals surface area contributed by atoms with Crippen LogP contribution in [0.2, 0.25) is 0 Å². The van der Waals surface area contributed by atoms with E-state index < -0.39 is 10.0 Å². The number of thiophene rings is 1. The molecule has 0 radical (unpaired) electrons. The third kappa shape index (κ3) is 3.89. The molecular formula is C20H18N2O3S2. The van der Waals surface area contributed by atoms with Crippen LogP contribution in [0.4, 0.5) is 11.4 Å². The van der Waals surface area contributed by atoms with Crippen LogP contribution in [0.15, 0.2) is 64.2 Å². The molecule has 1 aromatic heterocycles. The normalized spacial score (nSPS) is 13.2. The fourth-order valence-electron chi connectivity index (χ4n) is 3.20.